The summed E-state index contributed by atoms with van der Waals surface area (Å²) in [6.07, 6.45) is 15.0. The third kappa shape index (κ3) is 14.4. The number of aliphatic hydroxyl groups is 2. The SMILES string of the molecule is CCCCCCCCC(S)(CCCCCCCC)C(=O)OC(O)CCCO. The van der Waals surface area contributed by atoms with E-state index in [-0.39, 0.29) is 13.0 Å². The summed E-state index contributed by atoms with van der Waals surface area (Å²) in [6, 6.07) is 0. The van der Waals surface area contributed by atoms with Gasteiger partial charge in [-0.25, -0.2) is 0 Å². The van der Waals surface area contributed by atoms with Gasteiger partial charge in [-0.3, -0.25) is 4.79 Å². The van der Waals surface area contributed by atoms with Gasteiger partial charge in [0.2, 0.25) is 6.29 Å². The third-order valence-corrected chi connectivity index (χ3v) is 5.75. The average molecular weight is 405 g/mol. The Morgan fingerprint density at radius 2 is 1.30 bits per heavy atom. The first-order valence-electron chi connectivity index (χ1n) is 11.2. The molecule has 27 heavy (non-hydrogen) atoms. The fourth-order valence-corrected chi connectivity index (χ4v) is 3.65. The fourth-order valence-electron chi connectivity index (χ4n) is 3.28. The molecule has 0 heterocycles. The van der Waals surface area contributed by atoms with Gasteiger partial charge in [0.05, 0.1) is 0 Å². The summed E-state index contributed by atoms with van der Waals surface area (Å²) in [5.74, 6) is -0.404. The van der Waals surface area contributed by atoms with Crippen LogP contribution in [0.15, 0.2) is 0 Å². The predicted molar refractivity (Wildman–Crippen MR) is 116 cm³/mol. The molecule has 0 radical (unpaired) electrons. The van der Waals surface area contributed by atoms with E-state index in [4.69, 9.17) is 22.5 Å². The molecular weight excluding hydrogens is 360 g/mol. The Balaban J connectivity index is 4.45. The lowest BCUT2D eigenvalue weighted by Crippen LogP contribution is -2.37. The molecule has 162 valence electrons. The zero-order chi connectivity index (χ0) is 20.4. The minimum atomic E-state index is -1.15. The number of hydrogen-bond acceptors (Lipinski definition) is 5. The molecule has 0 aromatic carbocycles. The number of carbonyl (C=O) groups excluding carboxylic acids is 1. The van der Waals surface area contributed by atoms with Gasteiger partial charge in [-0.05, 0) is 19.3 Å². The van der Waals surface area contributed by atoms with Gasteiger partial charge < -0.3 is 14.9 Å². The second-order valence-corrected chi connectivity index (χ2v) is 8.65. The maximum atomic E-state index is 12.6. The highest BCUT2D eigenvalue weighted by Crippen LogP contribution is 2.31. The summed E-state index contributed by atoms with van der Waals surface area (Å²) < 4.78 is 4.43. The Labute approximate surface area is 172 Å². The van der Waals surface area contributed by atoms with E-state index in [1.807, 2.05) is 0 Å². The highest BCUT2D eigenvalue weighted by molar-refractivity contribution is 7.82. The van der Waals surface area contributed by atoms with Gasteiger partial charge in [0.1, 0.15) is 4.75 Å². The minimum Gasteiger partial charge on any atom is -0.435 e. The topological polar surface area (TPSA) is 66.8 Å². The summed E-state index contributed by atoms with van der Waals surface area (Å²) in [4.78, 5) is 12.6. The van der Waals surface area contributed by atoms with Crippen molar-refractivity contribution >= 4 is 18.6 Å². The number of carbonyl (C=O) groups is 1. The van der Waals surface area contributed by atoms with Crippen molar-refractivity contribution in [3.8, 4) is 0 Å². The van der Waals surface area contributed by atoms with Crippen LogP contribution in [0.25, 0.3) is 0 Å². The Morgan fingerprint density at radius 1 is 0.852 bits per heavy atom. The van der Waals surface area contributed by atoms with Gasteiger partial charge in [-0.15, -0.1) is 0 Å². The average Bonchev–Trinajstić information content (AvgIpc) is 2.65. The number of unbranched alkanes of at least 4 members (excludes halogenated alkanes) is 10. The smallest absolute Gasteiger partial charge is 0.324 e. The summed E-state index contributed by atoms with van der Waals surface area (Å²) in [5, 5.41) is 18.7. The second-order valence-electron chi connectivity index (χ2n) is 7.79. The number of aliphatic hydroxyl groups excluding tert-OH is 2. The van der Waals surface area contributed by atoms with Crippen molar-refractivity contribution in [2.24, 2.45) is 0 Å². The van der Waals surface area contributed by atoms with E-state index in [1.165, 1.54) is 51.4 Å². The monoisotopic (exact) mass is 404 g/mol. The first-order chi connectivity index (χ1) is 13.0. The molecule has 0 aliphatic heterocycles. The van der Waals surface area contributed by atoms with E-state index in [9.17, 15) is 9.90 Å². The summed E-state index contributed by atoms with van der Waals surface area (Å²) in [7, 11) is 0. The summed E-state index contributed by atoms with van der Waals surface area (Å²) in [5.41, 5.74) is 0. The van der Waals surface area contributed by atoms with Crippen LogP contribution in [-0.2, 0) is 9.53 Å². The lowest BCUT2D eigenvalue weighted by Gasteiger charge is -2.28. The zero-order valence-electron chi connectivity index (χ0n) is 17.8. The quantitative estimate of drug-likeness (QED) is 0.110. The molecule has 0 aromatic heterocycles. The molecule has 4 nitrogen and oxygen atoms in total. The maximum absolute atomic E-state index is 12.6. The van der Waals surface area contributed by atoms with Gasteiger partial charge in [0.15, 0.2) is 0 Å². The molecule has 0 saturated heterocycles. The van der Waals surface area contributed by atoms with Crippen molar-refractivity contribution in [1.29, 1.82) is 0 Å². The van der Waals surface area contributed by atoms with Gasteiger partial charge >= 0.3 is 5.97 Å². The molecule has 1 unspecified atom stereocenters. The van der Waals surface area contributed by atoms with Gasteiger partial charge in [-0.2, -0.15) is 12.6 Å². The number of hydrogen-bond donors (Lipinski definition) is 3. The van der Waals surface area contributed by atoms with Crippen LogP contribution in [0.5, 0.6) is 0 Å². The molecule has 2 N–H and O–H groups in total. The molecule has 0 amide bonds. The maximum Gasteiger partial charge on any atom is 0.324 e. The van der Waals surface area contributed by atoms with Crippen LogP contribution in [0.3, 0.4) is 0 Å². The standard InChI is InChI=1S/C22H44O4S/c1-3-5-7-9-11-13-17-22(27,18-14-12-10-8-6-4-2)21(25)26-20(24)16-15-19-23/h20,23-24,27H,3-19H2,1-2H3. The van der Waals surface area contributed by atoms with E-state index in [2.05, 4.69) is 13.8 Å². The minimum absolute atomic E-state index is 0.0177. The number of thiol groups is 1. The van der Waals surface area contributed by atoms with Crippen molar-refractivity contribution in [3.63, 3.8) is 0 Å². The van der Waals surface area contributed by atoms with Gasteiger partial charge in [0.25, 0.3) is 0 Å². The molecule has 0 bridgehead atoms. The Bertz CT molecular complexity index is 333. The van der Waals surface area contributed by atoms with E-state index in [1.54, 1.807) is 0 Å². The molecular formula is C22H44O4S. The van der Waals surface area contributed by atoms with Gasteiger partial charge in [0, 0.05) is 13.0 Å². The zero-order valence-corrected chi connectivity index (χ0v) is 18.7. The molecule has 1 atom stereocenters. The molecule has 5 heteroatoms. The van der Waals surface area contributed by atoms with E-state index < -0.39 is 17.0 Å². The van der Waals surface area contributed by atoms with Crippen molar-refractivity contribution in [1.82, 2.24) is 0 Å². The first kappa shape index (κ1) is 26.7. The molecule has 0 rings (SSSR count). The van der Waals surface area contributed by atoms with Crippen LogP contribution < -0.4 is 0 Å². The normalized spacial score (nSPS) is 12.9. The molecule has 0 saturated carbocycles. The highest BCUT2D eigenvalue weighted by atomic mass is 32.1. The highest BCUT2D eigenvalue weighted by Gasteiger charge is 2.36. The molecule has 0 fully saturated rings. The molecule has 0 aliphatic carbocycles. The van der Waals surface area contributed by atoms with Crippen LogP contribution in [-0.4, -0.2) is 33.8 Å². The summed E-state index contributed by atoms with van der Waals surface area (Å²) in [6.45, 7) is 4.39. The Hall–Kier alpha value is -0.260. The van der Waals surface area contributed by atoms with Crippen LogP contribution >= 0.6 is 12.6 Å². The van der Waals surface area contributed by atoms with Crippen molar-refractivity contribution in [3.05, 3.63) is 0 Å². The van der Waals surface area contributed by atoms with Gasteiger partial charge in [-0.1, -0.05) is 90.9 Å². The Morgan fingerprint density at radius 3 is 1.74 bits per heavy atom. The molecule has 0 aliphatic rings. The largest absolute Gasteiger partial charge is 0.435 e. The molecule has 0 aromatic rings. The van der Waals surface area contributed by atoms with Crippen molar-refractivity contribution < 1.29 is 19.7 Å². The second kappa shape index (κ2) is 17.8. The van der Waals surface area contributed by atoms with Crippen LogP contribution in [0.2, 0.25) is 0 Å². The van der Waals surface area contributed by atoms with Crippen LogP contribution in [0.4, 0.5) is 0 Å². The van der Waals surface area contributed by atoms with E-state index in [0.717, 1.165) is 25.7 Å². The van der Waals surface area contributed by atoms with Crippen molar-refractivity contribution in [2.45, 2.75) is 128 Å². The lowest BCUT2D eigenvalue weighted by molar-refractivity contribution is -0.172. The summed E-state index contributed by atoms with van der Waals surface area (Å²) >= 11 is 4.73. The van der Waals surface area contributed by atoms with E-state index in [0.29, 0.717) is 19.3 Å². The lowest BCUT2D eigenvalue weighted by atomic mass is 9.93. The van der Waals surface area contributed by atoms with Crippen molar-refractivity contribution in [2.75, 3.05) is 6.61 Å². The third-order valence-electron chi connectivity index (χ3n) is 5.12. The first-order valence-corrected chi connectivity index (χ1v) is 11.7. The fraction of sp³-hybridized carbons (Fsp3) is 0.955. The Kier molecular flexibility index (Phi) is 17.6. The predicted octanol–water partition coefficient (Wildman–Crippen LogP) is 5.79. The number of ether oxygens (including phenoxy) is 1. The molecule has 0 spiro atoms. The van der Waals surface area contributed by atoms with Crippen LogP contribution in [0.1, 0.15) is 117 Å². The number of esters is 1. The number of rotatable bonds is 19. The van der Waals surface area contributed by atoms with Crippen LogP contribution in [0, 0.1) is 0 Å². The van der Waals surface area contributed by atoms with E-state index >= 15 is 0 Å².